The van der Waals surface area contributed by atoms with Crippen LogP contribution in [0.2, 0.25) is 0 Å². The van der Waals surface area contributed by atoms with E-state index < -0.39 is 11.1 Å². The van der Waals surface area contributed by atoms with E-state index in [-0.39, 0.29) is 0 Å². The first-order valence-corrected chi connectivity index (χ1v) is 6.33. The van der Waals surface area contributed by atoms with Crippen LogP contribution in [0.15, 0.2) is 46.7 Å². The first-order valence-electron chi connectivity index (χ1n) is 4.78. The van der Waals surface area contributed by atoms with E-state index in [0.29, 0.717) is 9.80 Å². The maximum atomic E-state index is 10.8. The first kappa shape index (κ1) is 13.8. The van der Waals surface area contributed by atoms with Gasteiger partial charge in [-0.2, -0.15) is 0 Å². The van der Waals surface area contributed by atoms with Gasteiger partial charge in [0.2, 0.25) is 0 Å². The second-order valence-electron chi connectivity index (χ2n) is 3.20. The number of hydrogen-bond acceptors (Lipinski definition) is 2. The highest BCUT2D eigenvalue weighted by molar-refractivity contribution is 7.84. The number of benzene rings is 1. The number of hydrogen-bond donors (Lipinski definition) is 2. The summed E-state index contributed by atoms with van der Waals surface area (Å²) < 4.78 is 19.7. The summed E-state index contributed by atoms with van der Waals surface area (Å²) in [6.45, 7) is 5.42. The third-order valence-corrected chi connectivity index (χ3v) is 2.74. The van der Waals surface area contributed by atoms with Gasteiger partial charge in [-0.05, 0) is 35.6 Å². The summed E-state index contributed by atoms with van der Waals surface area (Å²) in [5.41, 5.74) is 1.64. The summed E-state index contributed by atoms with van der Waals surface area (Å²) in [5, 5.41) is 0. The van der Waals surface area contributed by atoms with E-state index in [1.165, 1.54) is 0 Å². The molecule has 0 aliphatic carbocycles. The van der Waals surface area contributed by atoms with Crippen molar-refractivity contribution in [2.24, 2.45) is 0 Å². The van der Waals surface area contributed by atoms with Gasteiger partial charge < -0.3 is 4.55 Å². The maximum Gasteiger partial charge on any atom is 0.186 e. The van der Waals surface area contributed by atoms with E-state index in [0.717, 1.165) is 11.1 Å². The number of allylic oxidation sites excluding steroid dienone is 2. The highest BCUT2D eigenvalue weighted by Gasteiger charge is 2.02. The van der Waals surface area contributed by atoms with Crippen LogP contribution in [0, 0.1) is 11.8 Å². The summed E-state index contributed by atoms with van der Waals surface area (Å²) in [6, 6.07) is 6.68. The molecule has 0 heterocycles. The largest absolute Gasteiger partial charge is 0.302 e. The minimum absolute atomic E-state index is 0.363. The van der Waals surface area contributed by atoms with Crippen molar-refractivity contribution in [2.45, 2.75) is 11.8 Å². The summed E-state index contributed by atoms with van der Waals surface area (Å²) >= 11 is 2.15. The Morgan fingerprint density at radius 2 is 2.06 bits per heavy atom. The number of thiol groups is 1. The molecule has 0 aromatic heterocycles. The van der Waals surface area contributed by atoms with Crippen LogP contribution in [0.25, 0.3) is 5.57 Å². The molecule has 0 saturated heterocycles. The third-order valence-electron chi connectivity index (χ3n) is 1.94. The second-order valence-corrected chi connectivity index (χ2v) is 4.74. The standard InChI is InChI=1S/C13H12O2S2/c1-3-4-12(9-10(2)16)11-5-7-13(8-6-11)17(14)15/h5-9,16H,2H2,1H3,(H,14,15)/b12-9+. The van der Waals surface area contributed by atoms with Gasteiger partial charge >= 0.3 is 0 Å². The Morgan fingerprint density at radius 3 is 2.47 bits per heavy atom. The van der Waals surface area contributed by atoms with Gasteiger partial charge in [0.25, 0.3) is 0 Å². The number of rotatable bonds is 3. The first-order chi connectivity index (χ1) is 8.04. The van der Waals surface area contributed by atoms with Gasteiger partial charge in [0.05, 0.1) is 4.90 Å². The van der Waals surface area contributed by atoms with Crippen LogP contribution >= 0.6 is 12.6 Å². The van der Waals surface area contributed by atoms with Crippen LogP contribution in [-0.4, -0.2) is 8.76 Å². The normalized spacial score (nSPS) is 12.5. The molecule has 88 valence electrons. The van der Waals surface area contributed by atoms with Gasteiger partial charge in [0.1, 0.15) is 0 Å². The van der Waals surface area contributed by atoms with E-state index in [1.54, 1.807) is 37.3 Å². The third kappa shape index (κ3) is 4.23. The molecule has 0 aliphatic heterocycles. The highest BCUT2D eigenvalue weighted by Crippen LogP contribution is 2.18. The zero-order valence-electron chi connectivity index (χ0n) is 9.30. The molecule has 2 nitrogen and oxygen atoms in total. The van der Waals surface area contributed by atoms with Crippen LogP contribution < -0.4 is 0 Å². The van der Waals surface area contributed by atoms with Crippen molar-refractivity contribution in [3.8, 4) is 11.8 Å². The van der Waals surface area contributed by atoms with E-state index in [1.807, 2.05) is 0 Å². The fourth-order valence-electron chi connectivity index (χ4n) is 1.24. The molecule has 17 heavy (non-hydrogen) atoms. The fourth-order valence-corrected chi connectivity index (χ4v) is 1.74. The molecule has 1 aromatic rings. The van der Waals surface area contributed by atoms with Crippen molar-refractivity contribution in [1.29, 1.82) is 0 Å². The topological polar surface area (TPSA) is 37.3 Å². The van der Waals surface area contributed by atoms with Crippen molar-refractivity contribution >= 4 is 29.3 Å². The molecule has 1 N–H and O–H groups in total. The van der Waals surface area contributed by atoms with Crippen LogP contribution in [0.3, 0.4) is 0 Å². The molecule has 1 unspecified atom stereocenters. The van der Waals surface area contributed by atoms with Gasteiger partial charge in [-0.15, -0.1) is 18.5 Å². The van der Waals surface area contributed by atoms with Crippen molar-refractivity contribution in [3.63, 3.8) is 0 Å². The molecular formula is C13H12O2S2. The maximum absolute atomic E-state index is 10.8. The summed E-state index contributed by atoms with van der Waals surface area (Å²) in [7, 11) is 0. The predicted molar refractivity (Wildman–Crippen MR) is 75.0 cm³/mol. The van der Waals surface area contributed by atoms with Crippen molar-refractivity contribution in [1.82, 2.24) is 0 Å². The van der Waals surface area contributed by atoms with E-state index in [2.05, 4.69) is 31.0 Å². The molecule has 0 saturated carbocycles. The lowest BCUT2D eigenvalue weighted by molar-refractivity contribution is 0.564. The fraction of sp³-hybridized carbons (Fsp3) is 0.0769. The Balaban J connectivity index is 3.15. The molecule has 1 atom stereocenters. The summed E-state index contributed by atoms with van der Waals surface area (Å²) in [6.07, 6.45) is 1.75. The van der Waals surface area contributed by atoms with Crippen LogP contribution in [-0.2, 0) is 11.1 Å². The lowest BCUT2D eigenvalue weighted by atomic mass is 10.1. The summed E-state index contributed by atoms with van der Waals surface area (Å²) in [4.78, 5) is 0.972. The van der Waals surface area contributed by atoms with E-state index in [4.69, 9.17) is 4.55 Å². The predicted octanol–water partition coefficient (Wildman–Crippen LogP) is 3.12. The van der Waals surface area contributed by atoms with Gasteiger partial charge in [-0.25, -0.2) is 4.21 Å². The monoisotopic (exact) mass is 264 g/mol. The molecule has 0 fully saturated rings. The van der Waals surface area contributed by atoms with Gasteiger partial charge in [-0.1, -0.05) is 24.6 Å². The summed E-state index contributed by atoms with van der Waals surface area (Å²) in [5.74, 6) is 5.75. The Labute approximate surface area is 109 Å². The highest BCUT2D eigenvalue weighted by atomic mass is 32.2. The van der Waals surface area contributed by atoms with Gasteiger partial charge in [-0.3, -0.25) is 0 Å². The Kier molecular flexibility index (Phi) is 5.23. The quantitative estimate of drug-likeness (QED) is 0.381. The van der Waals surface area contributed by atoms with E-state index >= 15 is 0 Å². The van der Waals surface area contributed by atoms with Crippen LogP contribution in [0.5, 0.6) is 0 Å². The van der Waals surface area contributed by atoms with Crippen molar-refractivity contribution < 1.29 is 8.76 Å². The van der Waals surface area contributed by atoms with Crippen molar-refractivity contribution in [2.75, 3.05) is 0 Å². The minimum atomic E-state index is -1.95. The smallest absolute Gasteiger partial charge is 0.186 e. The lowest BCUT2D eigenvalue weighted by Gasteiger charge is -2.01. The molecule has 0 radical (unpaired) electrons. The molecule has 0 aliphatic rings. The van der Waals surface area contributed by atoms with Crippen molar-refractivity contribution in [3.05, 3.63) is 47.4 Å². The Hall–Kier alpha value is -1.28. The van der Waals surface area contributed by atoms with Gasteiger partial charge in [0.15, 0.2) is 11.1 Å². The van der Waals surface area contributed by atoms with Crippen LogP contribution in [0.1, 0.15) is 12.5 Å². The SMILES string of the molecule is C=C(S)/C=C(\C#CC)c1ccc(S(=O)O)cc1. The molecule has 0 spiro atoms. The second kappa shape index (κ2) is 6.45. The Bertz CT molecular complexity index is 531. The lowest BCUT2D eigenvalue weighted by Crippen LogP contribution is -1.89. The Morgan fingerprint density at radius 1 is 1.47 bits per heavy atom. The molecule has 1 aromatic carbocycles. The molecule has 0 amide bonds. The zero-order valence-corrected chi connectivity index (χ0v) is 11.0. The minimum Gasteiger partial charge on any atom is -0.302 e. The van der Waals surface area contributed by atoms with Gasteiger partial charge in [0, 0.05) is 5.57 Å². The molecule has 1 rings (SSSR count). The molecule has 4 heteroatoms. The zero-order chi connectivity index (χ0) is 12.8. The molecule has 0 bridgehead atoms. The van der Waals surface area contributed by atoms with Crippen LogP contribution in [0.4, 0.5) is 0 Å². The molecular weight excluding hydrogens is 252 g/mol. The van der Waals surface area contributed by atoms with E-state index in [9.17, 15) is 4.21 Å². The average molecular weight is 264 g/mol. The average Bonchev–Trinajstić information content (AvgIpc) is 2.28.